The Bertz CT molecular complexity index is 366. The number of H-pyrrole nitrogens is 1. The van der Waals surface area contributed by atoms with Gasteiger partial charge in [0.15, 0.2) is 0 Å². The van der Waals surface area contributed by atoms with Crippen molar-refractivity contribution in [1.29, 1.82) is 0 Å². The molecule has 0 unspecified atom stereocenters. The van der Waals surface area contributed by atoms with Crippen LogP contribution in [0, 0.1) is 5.92 Å². The number of nitrogens with one attached hydrogen (secondary N) is 2. The zero-order valence-electron chi connectivity index (χ0n) is 7.03. The molecule has 0 radical (unpaired) electrons. The number of hydrogen-bond donors (Lipinski definition) is 2. The highest BCUT2D eigenvalue weighted by molar-refractivity contribution is 7.92. The summed E-state index contributed by atoms with van der Waals surface area (Å²) in [7, 11) is -3.19. The fraction of sp³-hybridized carbons (Fsp3) is 0.571. The maximum absolute atomic E-state index is 11.4. The number of aromatic nitrogens is 2. The molecule has 1 aliphatic rings. The summed E-state index contributed by atoms with van der Waals surface area (Å²) in [6, 6.07) is 0. The highest BCUT2D eigenvalue weighted by atomic mass is 32.2. The van der Waals surface area contributed by atoms with Crippen molar-refractivity contribution in [3.63, 3.8) is 0 Å². The normalized spacial score (nSPS) is 17.2. The summed E-state index contributed by atoms with van der Waals surface area (Å²) in [6.07, 6.45) is 5.14. The summed E-state index contributed by atoms with van der Waals surface area (Å²) in [5.41, 5.74) is 0. The minimum absolute atomic E-state index is 0.216. The van der Waals surface area contributed by atoms with E-state index in [-0.39, 0.29) is 5.75 Å². The summed E-state index contributed by atoms with van der Waals surface area (Å²) in [5.74, 6) is 0.862. The molecule has 1 aromatic rings. The minimum atomic E-state index is -3.19. The second kappa shape index (κ2) is 3.02. The summed E-state index contributed by atoms with van der Waals surface area (Å²) >= 11 is 0. The number of rotatable bonds is 4. The maximum Gasteiger partial charge on any atom is 0.235 e. The van der Waals surface area contributed by atoms with E-state index >= 15 is 0 Å². The van der Waals surface area contributed by atoms with Crippen molar-refractivity contribution in [3.05, 3.63) is 12.4 Å². The summed E-state index contributed by atoms with van der Waals surface area (Å²) in [5, 5.41) is 0. The molecule has 72 valence electrons. The molecule has 1 aliphatic carbocycles. The summed E-state index contributed by atoms with van der Waals surface area (Å²) < 4.78 is 25.1. The van der Waals surface area contributed by atoms with Crippen LogP contribution in [0.15, 0.2) is 12.4 Å². The van der Waals surface area contributed by atoms with Crippen LogP contribution in [0.5, 0.6) is 0 Å². The highest BCUT2D eigenvalue weighted by Crippen LogP contribution is 2.30. The molecular formula is C7H11N3O2S. The first-order valence-electron chi connectivity index (χ1n) is 4.15. The number of nitrogens with zero attached hydrogens (tertiary/aromatic N) is 1. The van der Waals surface area contributed by atoms with E-state index < -0.39 is 10.0 Å². The van der Waals surface area contributed by atoms with Crippen LogP contribution in [0.1, 0.15) is 12.8 Å². The molecule has 6 heteroatoms. The fourth-order valence-corrected chi connectivity index (χ4v) is 2.55. The van der Waals surface area contributed by atoms with Crippen LogP contribution in [-0.2, 0) is 10.0 Å². The van der Waals surface area contributed by atoms with Gasteiger partial charge in [0.05, 0.1) is 5.75 Å². The molecule has 2 rings (SSSR count). The molecule has 0 saturated heterocycles. The zero-order chi connectivity index (χ0) is 9.31. The average molecular weight is 201 g/mol. The Morgan fingerprint density at radius 2 is 2.38 bits per heavy atom. The molecule has 1 fully saturated rings. The molecule has 2 N–H and O–H groups in total. The van der Waals surface area contributed by atoms with Crippen LogP contribution in [0.4, 0.5) is 5.95 Å². The first kappa shape index (κ1) is 8.55. The van der Waals surface area contributed by atoms with Crippen LogP contribution in [0.25, 0.3) is 0 Å². The lowest BCUT2D eigenvalue weighted by atomic mass is 10.5. The standard InChI is InChI=1S/C7H11N3O2S/c11-13(12,5-6-1-2-6)10-7-8-3-4-9-7/h3-4,6H,1-2,5H2,(H2,8,9,10). The van der Waals surface area contributed by atoms with Gasteiger partial charge >= 0.3 is 0 Å². The van der Waals surface area contributed by atoms with Crippen LogP contribution in [-0.4, -0.2) is 24.1 Å². The van der Waals surface area contributed by atoms with E-state index in [1.54, 1.807) is 6.20 Å². The molecule has 0 atom stereocenters. The van der Waals surface area contributed by atoms with Gasteiger partial charge in [-0.15, -0.1) is 0 Å². The Balaban J connectivity index is 1.99. The number of aromatic amines is 1. The smallest absolute Gasteiger partial charge is 0.235 e. The minimum Gasteiger partial charge on any atom is -0.330 e. The predicted molar refractivity (Wildman–Crippen MR) is 48.7 cm³/mol. The van der Waals surface area contributed by atoms with Crippen molar-refractivity contribution >= 4 is 16.0 Å². The van der Waals surface area contributed by atoms with E-state index in [2.05, 4.69) is 14.7 Å². The lowest BCUT2D eigenvalue weighted by molar-refractivity contribution is 0.597. The second-order valence-corrected chi connectivity index (χ2v) is 5.03. The molecular weight excluding hydrogens is 190 g/mol. The third-order valence-corrected chi connectivity index (χ3v) is 3.32. The van der Waals surface area contributed by atoms with Gasteiger partial charge in [0.25, 0.3) is 0 Å². The van der Waals surface area contributed by atoms with Gasteiger partial charge in [0, 0.05) is 12.4 Å². The van der Waals surface area contributed by atoms with Crippen molar-refractivity contribution in [2.24, 2.45) is 5.92 Å². The third kappa shape index (κ3) is 2.45. The Hall–Kier alpha value is -1.04. The maximum atomic E-state index is 11.4. The number of sulfonamides is 1. The molecule has 1 saturated carbocycles. The van der Waals surface area contributed by atoms with E-state index in [4.69, 9.17) is 0 Å². The van der Waals surface area contributed by atoms with E-state index in [1.165, 1.54) is 6.20 Å². The zero-order valence-corrected chi connectivity index (χ0v) is 7.84. The lowest BCUT2D eigenvalue weighted by Gasteiger charge is -2.02. The largest absolute Gasteiger partial charge is 0.330 e. The van der Waals surface area contributed by atoms with E-state index in [0.29, 0.717) is 11.9 Å². The molecule has 0 aromatic carbocycles. The fourth-order valence-electron chi connectivity index (χ4n) is 1.10. The van der Waals surface area contributed by atoms with Crippen molar-refractivity contribution in [3.8, 4) is 0 Å². The molecule has 0 spiro atoms. The molecule has 1 heterocycles. The van der Waals surface area contributed by atoms with Gasteiger partial charge in [-0.3, -0.25) is 4.72 Å². The third-order valence-electron chi connectivity index (χ3n) is 1.90. The van der Waals surface area contributed by atoms with Gasteiger partial charge in [0.1, 0.15) is 0 Å². The summed E-state index contributed by atoms with van der Waals surface area (Å²) in [4.78, 5) is 6.47. The monoisotopic (exact) mass is 201 g/mol. The summed E-state index contributed by atoms with van der Waals surface area (Å²) in [6.45, 7) is 0. The van der Waals surface area contributed by atoms with E-state index in [1.807, 2.05) is 0 Å². The van der Waals surface area contributed by atoms with Crippen LogP contribution in [0.2, 0.25) is 0 Å². The van der Waals surface area contributed by atoms with E-state index in [9.17, 15) is 8.42 Å². The van der Waals surface area contributed by atoms with Crippen LogP contribution in [0.3, 0.4) is 0 Å². The molecule has 13 heavy (non-hydrogen) atoms. The SMILES string of the molecule is O=S(=O)(CC1CC1)Nc1ncc[nH]1. The molecule has 0 bridgehead atoms. The van der Waals surface area contributed by atoms with Crippen LogP contribution < -0.4 is 4.72 Å². The topological polar surface area (TPSA) is 74.8 Å². The van der Waals surface area contributed by atoms with Crippen LogP contribution >= 0.6 is 0 Å². The van der Waals surface area contributed by atoms with Crippen molar-refractivity contribution in [2.45, 2.75) is 12.8 Å². The van der Waals surface area contributed by atoms with Gasteiger partial charge in [0.2, 0.25) is 16.0 Å². The molecule has 5 nitrogen and oxygen atoms in total. The van der Waals surface area contributed by atoms with Gasteiger partial charge in [-0.25, -0.2) is 13.4 Å². The number of hydrogen-bond acceptors (Lipinski definition) is 3. The van der Waals surface area contributed by atoms with Crippen molar-refractivity contribution in [2.75, 3.05) is 10.5 Å². The van der Waals surface area contributed by atoms with E-state index in [0.717, 1.165) is 12.8 Å². The average Bonchev–Trinajstić information content (AvgIpc) is 2.64. The molecule has 0 aliphatic heterocycles. The quantitative estimate of drug-likeness (QED) is 0.747. The number of imidazole rings is 1. The van der Waals surface area contributed by atoms with Crippen molar-refractivity contribution in [1.82, 2.24) is 9.97 Å². The predicted octanol–water partition coefficient (Wildman–Crippen LogP) is 0.561. The Morgan fingerprint density at radius 1 is 1.62 bits per heavy atom. The van der Waals surface area contributed by atoms with Crippen molar-refractivity contribution < 1.29 is 8.42 Å². The number of anilines is 1. The van der Waals surface area contributed by atoms with Gasteiger partial charge in [-0.2, -0.15) is 0 Å². The van der Waals surface area contributed by atoms with Gasteiger partial charge in [-0.1, -0.05) is 0 Å². The first-order chi connectivity index (χ1) is 6.16. The first-order valence-corrected chi connectivity index (χ1v) is 5.81. The van der Waals surface area contributed by atoms with Gasteiger partial charge in [-0.05, 0) is 18.8 Å². The Morgan fingerprint density at radius 3 is 2.92 bits per heavy atom. The second-order valence-electron chi connectivity index (χ2n) is 3.26. The molecule has 0 amide bonds. The Labute approximate surface area is 76.6 Å². The Kier molecular flexibility index (Phi) is 1.99. The highest BCUT2D eigenvalue weighted by Gasteiger charge is 2.28. The lowest BCUT2D eigenvalue weighted by Crippen LogP contribution is -2.18. The van der Waals surface area contributed by atoms with Gasteiger partial charge < -0.3 is 4.98 Å². The molecule has 1 aromatic heterocycles.